The summed E-state index contributed by atoms with van der Waals surface area (Å²) in [5, 5.41) is 19.9. The van der Waals surface area contributed by atoms with Crippen LogP contribution in [0.2, 0.25) is 0 Å². The number of azo groups is 1. The fourth-order valence-corrected chi connectivity index (χ4v) is 2.77. The van der Waals surface area contributed by atoms with Gasteiger partial charge in [-0.05, 0) is 31.9 Å². The highest BCUT2D eigenvalue weighted by molar-refractivity contribution is 5.94. The molecular formula is C18H21N5O. The Balaban J connectivity index is 2.09. The maximum atomic E-state index is 10.6. The number of rotatable bonds is 4. The van der Waals surface area contributed by atoms with Gasteiger partial charge in [-0.2, -0.15) is 0 Å². The number of fused-ring (bicyclic) bond motifs is 1. The first-order valence-electron chi connectivity index (χ1n) is 8.00. The van der Waals surface area contributed by atoms with Gasteiger partial charge in [-0.25, -0.2) is 9.97 Å². The zero-order chi connectivity index (χ0) is 17.3. The molecule has 0 aliphatic rings. The number of para-hydroxylation sites is 1. The average Bonchev–Trinajstić information content (AvgIpc) is 2.77. The third-order valence-electron chi connectivity index (χ3n) is 3.68. The summed E-state index contributed by atoms with van der Waals surface area (Å²) in [6, 6.07) is 9.66. The van der Waals surface area contributed by atoms with Crippen LogP contribution in [0.4, 0.5) is 11.6 Å². The molecule has 6 nitrogen and oxygen atoms in total. The minimum Gasteiger partial charge on any atom is -0.493 e. The number of aryl methyl sites for hydroxylation is 2. The maximum Gasteiger partial charge on any atom is 0.269 e. The lowest BCUT2D eigenvalue weighted by Gasteiger charge is -2.09. The van der Waals surface area contributed by atoms with Crippen LogP contribution in [-0.4, -0.2) is 19.6 Å². The van der Waals surface area contributed by atoms with Crippen LogP contribution in [-0.2, 0) is 6.54 Å². The summed E-state index contributed by atoms with van der Waals surface area (Å²) in [6.07, 6.45) is 0. The van der Waals surface area contributed by atoms with E-state index in [1.54, 1.807) is 0 Å². The van der Waals surface area contributed by atoms with Crippen LogP contribution in [0.1, 0.15) is 25.2 Å². The molecule has 124 valence electrons. The summed E-state index contributed by atoms with van der Waals surface area (Å²) >= 11 is 0. The molecule has 0 radical (unpaired) electrons. The number of hydrogen-bond acceptors (Lipinski definition) is 5. The van der Waals surface area contributed by atoms with Crippen LogP contribution in [0.3, 0.4) is 0 Å². The molecule has 2 heterocycles. The topological polar surface area (TPSA) is 75.7 Å². The summed E-state index contributed by atoms with van der Waals surface area (Å²) in [7, 11) is 0. The molecule has 0 aliphatic carbocycles. The molecule has 0 fully saturated rings. The number of benzene rings is 1. The molecule has 1 aromatic carbocycles. The molecule has 3 aromatic rings. The fourth-order valence-electron chi connectivity index (χ4n) is 2.77. The van der Waals surface area contributed by atoms with E-state index in [0.717, 1.165) is 22.3 Å². The molecule has 0 amide bonds. The molecule has 0 bridgehead atoms. The van der Waals surface area contributed by atoms with Gasteiger partial charge in [0.05, 0.1) is 5.52 Å². The van der Waals surface area contributed by atoms with Crippen molar-refractivity contribution in [2.75, 3.05) is 0 Å². The molecule has 3 rings (SSSR count). The first kappa shape index (κ1) is 16.1. The molecule has 0 atom stereocenters. The molecule has 2 aromatic heterocycles. The van der Waals surface area contributed by atoms with Gasteiger partial charge in [0.15, 0.2) is 5.69 Å². The van der Waals surface area contributed by atoms with Crippen LogP contribution in [0, 0.1) is 19.8 Å². The zero-order valence-corrected chi connectivity index (χ0v) is 14.4. The van der Waals surface area contributed by atoms with Gasteiger partial charge >= 0.3 is 0 Å². The van der Waals surface area contributed by atoms with E-state index in [1.807, 2.05) is 48.7 Å². The van der Waals surface area contributed by atoms with Crippen molar-refractivity contribution in [1.29, 1.82) is 0 Å². The minimum atomic E-state index is 0.123. The SMILES string of the molecule is Cc1cc(C)nc(N=Nc2c(O)n(CC(C)C)c3ccccc23)n1. The quantitative estimate of drug-likeness (QED) is 0.699. The van der Waals surface area contributed by atoms with Gasteiger partial charge < -0.3 is 9.67 Å². The molecule has 0 saturated carbocycles. The molecule has 1 N–H and O–H groups in total. The Hall–Kier alpha value is -2.76. The van der Waals surface area contributed by atoms with Crippen molar-refractivity contribution in [2.24, 2.45) is 16.1 Å². The Morgan fingerprint density at radius 1 is 1.08 bits per heavy atom. The highest BCUT2D eigenvalue weighted by Gasteiger charge is 2.17. The average molecular weight is 323 g/mol. The van der Waals surface area contributed by atoms with Gasteiger partial charge in [-0.3, -0.25) is 0 Å². The molecule has 0 spiro atoms. The largest absolute Gasteiger partial charge is 0.493 e. The van der Waals surface area contributed by atoms with Crippen molar-refractivity contribution >= 4 is 22.5 Å². The van der Waals surface area contributed by atoms with E-state index in [1.165, 1.54) is 0 Å². The highest BCUT2D eigenvalue weighted by atomic mass is 16.3. The van der Waals surface area contributed by atoms with Crippen LogP contribution in [0.5, 0.6) is 5.88 Å². The van der Waals surface area contributed by atoms with Crippen molar-refractivity contribution in [1.82, 2.24) is 14.5 Å². The smallest absolute Gasteiger partial charge is 0.269 e. The molecule has 0 saturated heterocycles. The summed E-state index contributed by atoms with van der Waals surface area (Å²) in [6.45, 7) is 8.71. The summed E-state index contributed by atoms with van der Waals surface area (Å²) in [5.41, 5.74) is 3.07. The van der Waals surface area contributed by atoms with Crippen molar-refractivity contribution in [3.05, 3.63) is 41.7 Å². The second-order valence-electron chi connectivity index (χ2n) is 6.34. The van der Waals surface area contributed by atoms with Crippen LogP contribution < -0.4 is 0 Å². The van der Waals surface area contributed by atoms with Gasteiger partial charge in [-0.1, -0.05) is 32.0 Å². The maximum absolute atomic E-state index is 10.6. The van der Waals surface area contributed by atoms with Crippen LogP contribution >= 0.6 is 0 Å². The molecular weight excluding hydrogens is 302 g/mol. The van der Waals surface area contributed by atoms with E-state index in [4.69, 9.17) is 0 Å². The molecule has 24 heavy (non-hydrogen) atoms. The predicted molar refractivity (Wildman–Crippen MR) is 94.1 cm³/mol. The van der Waals surface area contributed by atoms with E-state index in [0.29, 0.717) is 24.1 Å². The van der Waals surface area contributed by atoms with Gasteiger partial charge in [0.25, 0.3) is 5.95 Å². The van der Waals surface area contributed by atoms with Gasteiger partial charge in [0.2, 0.25) is 5.88 Å². The van der Waals surface area contributed by atoms with E-state index >= 15 is 0 Å². The third kappa shape index (κ3) is 3.13. The standard InChI is InChI=1S/C18H21N5O/c1-11(2)10-23-15-8-6-5-7-14(15)16(17(23)24)21-22-18-19-12(3)9-13(4)20-18/h5-9,11,24H,10H2,1-4H3. The van der Waals surface area contributed by atoms with E-state index in [9.17, 15) is 5.11 Å². The second-order valence-corrected chi connectivity index (χ2v) is 6.34. The first-order valence-corrected chi connectivity index (χ1v) is 8.00. The fraction of sp³-hybridized carbons (Fsp3) is 0.333. The lowest BCUT2D eigenvalue weighted by atomic mass is 10.2. The van der Waals surface area contributed by atoms with Crippen molar-refractivity contribution in [3.8, 4) is 5.88 Å². The number of aromatic nitrogens is 3. The van der Waals surface area contributed by atoms with Crippen LogP contribution in [0.15, 0.2) is 40.6 Å². The summed E-state index contributed by atoms with van der Waals surface area (Å²) in [5.74, 6) is 0.824. The first-order chi connectivity index (χ1) is 11.5. The zero-order valence-electron chi connectivity index (χ0n) is 14.4. The highest BCUT2D eigenvalue weighted by Crippen LogP contribution is 2.39. The molecule has 6 heteroatoms. The van der Waals surface area contributed by atoms with Crippen molar-refractivity contribution < 1.29 is 5.11 Å². The monoisotopic (exact) mass is 323 g/mol. The number of nitrogens with zero attached hydrogens (tertiary/aromatic N) is 5. The van der Waals surface area contributed by atoms with Gasteiger partial charge in [0, 0.05) is 23.3 Å². The van der Waals surface area contributed by atoms with Gasteiger partial charge in [-0.15, -0.1) is 10.2 Å². The Kier molecular flexibility index (Phi) is 4.29. The Labute approximate surface area is 140 Å². The van der Waals surface area contributed by atoms with E-state index in [2.05, 4.69) is 34.0 Å². The number of hydrogen-bond donors (Lipinski definition) is 1. The van der Waals surface area contributed by atoms with E-state index in [-0.39, 0.29) is 5.88 Å². The van der Waals surface area contributed by atoms with Crippen LogP contribution in [0.25, 0.3) is 10.9 Å². The van der Waals surface area contributed by atoms with Gasteiger partial charge in [0.1, 0.15) is 0 Å². The third-order valence-corrected chi connectivity index (χ3v) is 3.68. The lowest BCUT2D eigenvalue weighted by molar-refractivity contribution is 0.401. The summed E-state index contributed by atoms with van der Waals surface area (Å²) < 4.78 is 1.87. The molecule has 0 unspecified atom stereocenters. The minimum absolute atomic E-state index is 0.123. The molecule has 0 aliphatic heterocycles. The normalized spacial score (nSPS) is 11.9. The second kappa shape index (κ2) is 6.39. The van der Waals surface area contributed by atoms with Crippen molar-refractivity contribution in [2.45, 2.75) is 34.2 Å². The Bertz CT molecular complexity index is 891. The van der Waals surface area contributed by atoms with Crippen molar-refractivity contribution in [3.63, 3.8) is 0 Å². The van der Waals surface area contributed by atoms with E-state index < -0.39 is 0 Å². The Morgan fingerprint density at radius 3 is 2.42 bits per heavy atom. The number of aromatic hydroxyl groups is 1. The lowest BCUT2D eigenvalue weighted by Crippen LogP contribution is -2.03. The summed E-state index contributed by atoms with van der Waals surface area (Å²) in [4.78, 5) is 8.51. The predicted octanol–water partition coefficient (Wildman–Crippen LogP) is 4.83. The Morgan fingerprint density at radius 2 is 1.75 bits per heavy atom.